The molecule has 0 bridgehead atoms. The Morgan fingerprint density at radius 2 is 1.94 bits per heavy atom. The Morgan fingerprint density at radius 1 is 1.24 bits per heavy atom. The molecule has 3 heteroatoms. The van der Waals surface area contributed by atoms with Crippen molar-refractivity contribution in [3.05, 3.63) is 0 Å². The number of amides is 1. The third-order valence-electron chi connectivity index (χ3n) is 4.20. The molecule has 98 valence electrons. The molecule has 1 N–H and O–H groups in total. The molecule has 1 heterocycles. The summed E-state index contributed by atoms with van der Waals surface area (Å²) >= 11 is 0. The third-order valence-corrected chi connectivity index (χ3v) is 4.20. The van der Waals surface area contributed by atoms with Gasteiger partial charge in [0.25, 0.3) is 0 Å². The topological polar surface area (TPSA) is 32.3 Å². The molecule has 0 aromatic heterocycles. The maximum Gasteiger partial charge on any atom is 0.241 e. The average Bonchev–Trinajstić information content (AvgIpc) is 2.58. The van der Waals surface area contributed by atoms with Gasteiger partial charge >= 0.3 is 0 Å². The maximum absolute atomic E-state index is 12.3. The van der Waals surface area contributed by atoms with Crippen molar-refractivity contribution in [1.82, 2.24) is 10.2 Å². The second kappa shape index (κ2) is 6.39. The van der Waals surface area contributed by atoms with E-state index in [0.29, 0.717) is 11.9 Å². The number of unbranched alkanes of at least 4 members (excludes halogenated alkanes) is 1. The van der Waals surface area contributed by atoms with Crippen LogP contribution in [0, 0.1) is 0 Å². The second-order valence-electron chi connectivity index (χ2n) is 5.51. The molecule has 2 aliphatic rings. The highest BCUT2D eigenvalue weighted by Gasteiger charge is 2.34. The standard InChI is InChI=1S/C14H26N2O/c1-2-3-10-13-14(17)16(11-15-13)12-8-6-4-5-7-9-12/h12-13,15H,2-11H2,1H3. The molecule has 1 aliphatic carbocycles. The van der Waals surface area contributed by atoms with E-state index in [1.165, 1.54) is 44.9 Å². The number of carbonyl (C=O) groups is 1. The van der Waals surface area contributed by atoms with Crippen LogP contribution in [0.3, 0.4) is 0 Å². The fraction of sp³-hybridized carbons (Fsp3) is 0.929. The van der Waals surface area contributed by atoms with Crippen molar-refractivity contribution < 1.29 is 4.79 Å². The molecule has 1 atom stereocenters. The molecule has 1 saturated heterocycles. The van der Waals surface area contributed by atoms with E-state index in [4.69, 9.17) is 0 Å². The molecule has 2 rings (SSSR count). The summed E-state index contributed by atoms with van der Waals surface area (Å²) in [5, 5.41) is 3.39. The number of rotatable bonds is 4. The van der Waals surface area contributed by atoms with E-state index in [2.05, 4.69) is 17.1 Å². The molecule has 0 spiro atoms. The van der Waals surface area contributed by atoms with Gasteiger partial charge < -0.3 is 4.90 Å². The van der Waals surface area contributed by atoms with Crippen LogP contribution in [0.2, 0.25) is 0 Å². The zero-order valence-electron chi connectivity index (χ0n) is 11.1. The lowest BCUT2D eigenvalue weighted by Gasteiger charge is -2.26. The molecule has 1 amide bonds. The van der Waals surface area contributed by atoms with Gasteiger partial charge in [0.05, 0.1) is 12.7 Å². The van der Waals surface area contributed by atoms with Gasteiger partial charge in [0.1, 0.15) is 0 Å². The largest absolute Gasteiger partial charge is 0.326 e. The summed E-state index contributed by atoms with van der Waals surface area (Å²) < 4.78 is 0. The van der Waals surface area contributed by atoms with Crippen molar-refractivity contribution in [1.29, 1.82) is 0 Å². The van der Waals surface area contributed by atoms with Gasteiger partial charge in [0.15, 0.2) is 0 Å². The number of carbonyl (C=O) groups excluding carboxylic acids is 1. The first-order valence-corrected chi connectivity index (χ1v) is 7.36. The minimum atomic E-state index is 0.109. The van der Waals surface area contributed by atoms with Crippen LogP contribution < -0.4 is 5.32 Å². The van der Waals surface area contributed by atoms with Crippen molar-refractivity contribution >= 4 is 5.91 Å². The van der Waals surface area contributed by atoms with Crippen molar-refractivity contribution in [2.45, 2.75) is 76.8 Å². The van der Waals surface area contributed by atoms with Gasteiger partial charge in [-0.2, -0.15) is 0 Å². The van der Waals surface area contributed by atoms with E-state index in [1.54, 1.807) is 0 Å². The van der Waals surface area contributed by atoms with Crippen LogP contribution in [0.25, 0.3) is 0 Å². The number of nitrogens with one attached hydrogen (secondary N) is 1. The van der Waals surface area contributed by atoms with Gasteiger partial charge in [-0.15, -0.1) is 0 Å². The molecular formula is C14H26N2O. The summed E-state index contributed by atoms with van der Waals surface area (Å²) in [5.74, 6) is 0.366. The van der Waals surface area contributed by atoms with Crippen LogP contribution in [0.1, 0.15) is 64.7 Å². The highest BCUT2D eigenvalue weighted by Crippen LogP contribution is 2.24. The molecule has 2 fully saturated rings. The quantitative estimate of drug-likeness (QED) is 0.764. The fourth-order valence-corrected chi connectivity index (χ4v) is 3.09. The summed E-state index contributed by atoms with van der Waals surface area (Å²) in [5.41, 5.74) is 0. The second-order valence-corrected chi connectivity index (χ2v) is 5.51. The predicted molar refractivity (Wildman–Crippen MR) is 69.7 cm³/mol. The number of hydrogen-bond acceptors (Lipinski definition) is 2. The Bertz CT molecular complexity index is 247. The Kier molecular flexibility index (Phi) is 4.84. The zero-order valence-corrected chi connectivity index (χ0v) is 11.1. The normalized spacial score (nSPS) is 27.5. The first-order valence-electron chi connectivity index (χ1n) is 7.36. The Morgan fingerprint density at radius 3 is 2.59 bits per heavy atom. The minimum Gasteiger partial charge on any atom is -0.326 e. The monoisotopic (exact) mass is 238 g/mol. The van der Waals surface area contributed by atoms with Gasteiger partial charge in [-0.05, 0) is 19.3 Å². The van der Waals surface area contributed by atoms with Crippen LogP contribution in [-0.4, -0.2) is 29.6 Å². The van der Waals surface area contributed by atoms with Gasteiger partial charge in [0, 0.05) is 6.04 Å². The van der Waals surface area contributed by atoms with Crippen LogP contribution >= 0.6 is 0 Å². The van der Waals surface area contributed by atoms with Crippen molar-refractivity contribution in [3.8, 4) is 0 Å². The molecule has 1 aliphatic heterocycles. The predicted octanol–water partition coefficient (Wildman–Crippen LogP) is 2.66. The lowest BCUT2D eigenvalue weighted by atomic mass is 10.1. The molecule has 17 heavy (non-hydrogen) atoms. The number of nitrogens with zero attached hydrogens (tertiary/aromatic N) is 1. The van der Waals surface area contributed by atoms with Crippen LogP contribution in [0.15, 0.2) is 0 Å². The molecule has 0 aromatic rings. The SMILES string of the molecule is CCCCC1NCN(C2CCCCCC2)C1=O. The van der Waals surface area contributed by atoms with Gasteiger partial charge in [0.2, 0.25) is 5.91 Å². The summed E-state index contributed by atoms with van der Waals surface area (Å²) in [7, 11) is 0. The molecule has 3 nitrogen and oxygen atoms in total. The van der Waals surface area contributed by atoms with E-state index in [1.807, 2.05) is 0 Å². The van der Waals surface area contributed by atoms with E-state index >= 15 is 0 Å². The molecule has 0 aromatic carbocycles. The fourth-order valence-electron chi connectivity index (χ4n) is 3.09. The summed E-state index contributed by atoms with van der Waals surface area (Å²) in [6, 6.07) is 0.627. The van der Waals surface area contributed by atoms with Gasteiger partial charge in [-0.25, -0.2) is 0 Å². The Balaban J connectivity index is 1.87. The first kappa shape index (κ1) is 12.9. The number of hydrogen-bond donors (Lipinski definition) is 1. The summed E-state index contributed by atoms with van der Waals surface area (Å²) in [4.78, 5) is 14.4. The Labute approximate surface area is 105 Å². The molecule has 0 radical (unpaired) electrons. The molecular weight excluding hydrogens is 212 g/mol. The van der Waals surface area contributed by atoms with Crippen molar-refractivity contribution in [3.63, 3.8) is 0 Å². The van der Waals surface area contributed by atoms with Crippen LogP contribution in [0.4, 0.5) is 0 Å². The van der Waals surface area contributed by atoms with Crippen LogP contribution in [0.5, 0.6) is 0 Å². The van der Waals surface area contributed by atoms with Gasteiger partial charge in [-0.1, -0.05) is 45.4 Å². The van der Waals surface area contributed by atoms with E-state index in [-0.39, 0.29) is 6.04 Å². The van der Waals surface area contributed by atoms with Crippen molar-refractivity contribution in [2.24, 2.45) is 0 Å². The smallest absolute Gasteiger partial charge is 0.241 e. The van der Waals surface area contributed by atoms with E-state index in [9.17, 15) is 4.79 Å². The minimum absolute atomic E-state index is 0.109. The van der Waals surface area contributed by atoms with E-state index < -0.39 is 0 Å². The third kappa shape index (κ3) is 3.21. The van der Waals surface area contributed by atoms with Crippen LogP contribution in [-0.2, 0) is 4.79 Å². The highest BCUT2D eigenvalue weighted by molar-refractivity contribution is 5.84. The highest BCUT2D eigenvalue weighted by atomic mass is 16.2. The lowest BCUT2D eigenvalue weighted by Crippen LogP contribution is -2.38. The maximum atomic E-state index is 12.3. The summed E-state index contributed by atoms with van der Waals surface area (Å²) in [6.07, 6.45) is 11.1. The Hall–Kier alpha value is -0.570. The molecule has 1 unspecified atom stereocenters. The first-order chi connectivity index (χ1) is 8.33. The van der Waals surface area contributed by atoms with Crippen molar-refractivity contribution in [2.75, 3.05) is 6.67 Å². The summed E-state index contributed by atoms with van der Waals surface area (Å²) in [6.45, 7) is 2.97. The van der Waals surface area contributed by atoms with Gasteiger partial charge in [-0.3, -0.25) is 10.1 Å². The van der Waals surface area contributed by atoms with E-state index in [0.717, 1.165) is 19.5 Å². The zero-order chi connectivity index (χ0) is 12.1. The lowest BCUT2D eigenvalue weighted by molar-refractivity contribution is -0.131. The average molecular weight is 238 g/mol. The molecule has 1 saturated carbocycles.